The number of nitrogens with zero attached hydrogens (tertiary/aromatic N) is 4. The van der Waals surface area contributed by atoms with E-state index in [1.807, 2.05) is 12.1 Å². The third-order valence-corrected chi connectivity index (χ3v) is 6.26. The molecular formula is C27H32FN5O. The fraction of sp³-hybridized carbons (Fsp3) is 0.370. The van der Waals surface area contributed by atoms with Gasteiger partial charge >= 0.3 is 0 Å². The van der Waals surface area contributed by atoms with Crippen LogP contribution in [0.4, 0.5) is 10.2 Å². The van der Waals surface area contributed by atoms with Gasteiger partial charge in [-0.25, -0.2) is 14.4 Å². The first-order valence-electron chi connectivity index (χ1n) is 12.0. The summed E-state index contributed by atoms with van der Waals surface area (Å²) in [6, 6.07) is 18.5. The predicted octanol–water partition coefficient (Wildman–Crippen LogP) is 4.14. The van der Waals surface area contributed by atoms with Crippen LogP contribution in [-0.2, 0) is 11.3 Å². The molecular weight excluding hydrogens is 429 g/mol. The molecule has 1 aromatic heterocycles. The molecule has 2 aromatic carbocycles. The Kier molecular flexibility index (Phi) is 8.20. The van der Waals surface area contributed by atoms with Crippen LogP contribution in [0.1, 0.15) is 25.3 Å². The van der Waals surface area contributed by atoms with E-state index < -0.39 is 0 Å². The topological polar surface area (TPSA) is 61.4 Å². The highest BCUT2D eigenvalue weighted by atomic mass is 19.1. The van der Waals surface area contributed by atoms with Crippen LogP contribution in [-0.4, -0.2) is 53.5 Å². The molecule has 1 atom stereocenters. The Hall–Kier alpha value is -3.32. The van der Waals surface area contributed by atoms with Gasteiger partial charge in [-0.15, -0.1) is 0 Å². The number of rotatable bonds is 9. The van der Waals surface area contributed by atoms with E-state index in [1.165, 1.54) is 17.7 Å². The van der Waals surface area contributed by atoms with Gasteiger partial charge in [-0.3, -0.25) is 9.69 Å². The quantitative estimate of drug-likeness (QED) is 0.519. The number of likely N-dealkylation sites (N-methyl/N-ethyl adjacent to an activating group) is 1. The lowest BCUT2D eigenvalue weighted by atomic mass is 9.97. The van der Waals surface area contributed by atoms with Crippen LogP contribution in [0.2, 0.25) is 0 Å². The summed E-state index contributed by atoms with van der Waals surface area (Å²) in [4.78, 5) is 26.3. The lowest BCUT2D eigenvalue weighted by Gasteiger charge is -2.33. The van der Waals surface area contributed by atoms with Gasteiger partial charge in [-0.05, 0) is 43.1 Å². The minimum atomic E-state index is -0.313. The normalized spacial score (nSPS) is 16.0. The van der Waals surface area contributed by atoms with Gasteiger partial charge in [-0.2, -0.15) is 0 Å². The standard InChI is InChI=1S/C27H32FN5O/c1-2-32(19-21-8-4-3-5-9-21)17-15-30-27(34)23-11-7-16-33(20-23)25-13-14-29-26(31-25)22-10-6-12-24(28)18-22/h3-6,8-10,12-14,18,23H,2,7,11,15-17,19-20H2,1H3,(H,30,34)/t23-/m0/s1. The minimum absolute atomic E-state index is 0.0782. The van der Waals surface area contributed by atoms with Crippen molar-refractivity contribution < 1.29 is 9.18 Å². The minimum Gasteiger partial charge on any atom is -0.356 e. The summed E-state index contributed by atoms with van der Waals surface area (Å²) in [5, 5.41) is 3.14. The van der Waals surface area contributed by atoms with Crippen molar-refractivity contribution in [3.63, 3.8) is 0 Å². The number of carbonyl (C=O) groups is 1. The Morgan fingerprint density at radius 1 is 1.18 bits per heavy atom. The maximum atomic E-state index is 13.6. The maximum absolute atomic E-state index is 13.6. The van der Waals surface area contributed by atoms with Gasteiger partial charge in [0, 0.05) is 44.5 Å². The zero-order valence-corrected chi connectivity index (χ0v) is 19.7. The molecule has 0 aliphatic carbocycles. The average Bonchev–Trinajstić information content (AvgIpc) is 2.89. The van der Waals surface area contributed by atoms with Crippen LogP contribution in [0.3, 0.4) is 0 Å². The van der Waals surface area contributed by atoms with Gasteiger partial charge in [0.05, 0.1) is 5.92 Å². The van der Waals surface area contributed by atoms with Crippen LogP contribution in [0, 0.1) is 11.7 Å². The van der Waals surface area contributed by atoms with E-state index in [0.717, 1.165) is 44.8 Å². The molecule has 1 amide bonds. The third kappa shape index (κ3) is 6.38. The second-order valence-corrected chi connectivity index (χ2v) is 8.68. The molecule has 3 aromatic rings. The number of benzene rings is 2. The third-order valence-electron chi connectivity index (χ3n) is 6.26. The number of nitrogens with one attached hydrogen (secondary N) is 1. The summed E-state index contributed by atoms with van der Waals surface area (Å²) >= 11 is 0. The molecule has 1 aliphatic rings. The number of piperidine rings is 1. The number of halogens is 1. The molecule has 178 valence electrons. The van der Waals surface area contributed by atoms with Gasteiger partial charge in [0.1, 0.15) is 11.6 Å². The molecule has 0 spiro atoms. The molecule has 1 fully saturated rings. The van der Waals surface area contributed by atoms with Gasteiger partial charge in [0.15, 0.2) is 5.82 Å². The molecule has 1 aliphatic heterocycles. The lowest BCUT2D eigenvalue weighted by Crippen LogP contribution is -2.45. The SMILES string of the molecule is CCN(CCNC(=O)[C@H]1CCCN(c2ccnc(-c3cccc(F)c3)n2)C1)Cc1ccccc1. The van der Waals surface area contributed by atoms with Gasteiger partial charge in [0.2, 0.25) is 5.91 Å². The second kappa shape index (κ2) is 11.7. The molecule has 1 saturated heterocycles. The van der Waals surface area contributed by atoms with Gasteiger partial charge in [-0.1, -0.05) is 49.4 Å². The highest BCUT2D eigenvalue weighted by molar-refractivity contribution is 5.79. The zero-order chi connectivity index (χ0) is 23.8. The van der Waals surface area contributed by atoms with Gasteiger partial charge < -0.3 is 10.2 Å². The maximum Gasteiger partial charge on any atom is 0.224 e. The molecule has 0 saturated carbocycles. The largest absolute Gasteiger partial charge is 0.356 e. The average molecular weight is 462 g/mol. The van der Waals surface area contributed by atoms with E-state index >= 15 is 0 Å². The van der Waals surface area contributed by atoms with Crippen molar-refractivity contribution in [2.24, 2.45) is 5.92 Å². The van der Waals surface area contributed by atoms with Gasteiger partial charge in [0.25, 0.3) is 0 Å². The summed E-state index contributed by atoms with van der Waals surface area (Å²) in [6.07, 6.45) is 3.48. The number of hydrogen-bond donors (Lipinski definition) is 1. The Labute approximate surface area is 200 Å². The van der Waals surface area contributed by atoms with E-state index in [9.17, 15) is 9.18 Å². The Morgan fingerprint density at radius 2 is 2.03 bits per heavy atom. The second-order valence-electron chi connectivity index (χ2n) is 8.68. The van der Waals surface area contributed by atoms with E-state index in [-0.39, 0.29) is 17.6 Å². The summed E-state index contributed by atoms with van der Waals surface area (Å²) in [5.74, 6) is 0.963. The molecule has 0 bridgehead atoms. The molecule has 2 heterocycles. The first-order chi connectivity index (χ1) is 16.6. The molecule has 4 rings (SSSR count). The van der Waals surface area contributed by atoms with Crippen molar-refractivity contribution in [3.05, 3.63) is 78.2 Å². The van der Waals surface area contributed by atoms with E-state index in [4.69, 9.17) is 0 Å². The Balaban J connectivity index is 1.31. The van der Waals surface area contributed by atoms with E-state index in [0.29, 0.717) is 24.5 Å². The highest BCUT2D eigenvalue weighted by Crippen LogP contribution is 2.24. The number of amides is 1. The number of hydrogen-bond acceptors (Lipinski definition) is 5. The number of anilines is 1. The molecule has 1 N–H and O–H groups in total. The monoisotopic (exact) mass is 461 g/mol. The predicted molar refractivity (Wildman–Crippen MR) is 133 cm³/mol. The fourth-order valence-electron chi connectivity index (χ4n) is 4.36. The van der Waals surface area contributed by atoms with Crippen molar-refractivity contribution in [1.82, 2.24) is 20.2 Å². The first-order valence-corrected chi connectivity index (χ1v) is 12.0. The summed E-state index contributed by atoms with van der Waals surface area (Å²) in [7, 11) is 0. The Bertz CT molecular complexity index is 1080. The summed E-state index contributed by atoms with van der Waals surface area (Å²) in [6.45, 7) is 6.86. The number of carbonyl (C=O) groups excluding carboxylic acids is 1. The van der Waals surface area contributed by atoms with Crippen molar-refractivity contribution in [2.45, 2.75) is 26.3 Å². The fourth-order valence-corrected chi connectivity index (χ4v) is 4.36. The van der Waals surface area contributed by atoms with E-state index in [2.05, 4.69) is 56.3 Å². The van der Waals surface area contributed by atoms with Crippen LogP contribution < -0.4 is 10.2 Å². The lowest BCUT2D eigenvalue weighted by molar-refractivity contribution is -0.125. The molecule has 0 unspecified atom stereocenters. The van der Waals surface area contributed by atoms with Crippen molar-refractivity contribution >= 4 is 11.7 Å². The van der Waals surface area contributed by atoms with E-state index in [1.54, 1.807) is 18.3 Å². The molecule has 7 heteroatoms. The van der Waals surface area contributed by atoms with Crippen molar-refractivity contribution in [2.75, 3.05) is 37.6 Å². The molecule has 6 nitrogen and oxygen atoms in total. The first kappa shape index (κ1) is 23.8. The van der Waals surface area contributed by atoms with Crippen molar-refractivity contribution in [3.8, 4) is 11.4 Å². The molecule has 0 radical (unpaired) electrons. The summed E-state index contributed by atoms with van der Waals surface area (Å²) < 4.78 is 13.6. The van der Waals surface area contributed by atoms with Crippen LogP contribution in [0.25, 0.3) is 11.4 Å². The highest BCUT2D eigenvalue weighted by Gasteiger charge is 2.26. The Morgan fingerprint density at radius 3 is 2.82 bits per heavy atom. The van der Waals surface area contributed by atoms with Crippen LogP contribution in [0.5, 0.6) is 0 Å². The van der Waals surface area contributed by atoms with Crippen LogP contribution in [0.15, 0.2) is 66.9 Å². The summed E-state index contributed by atoms with van der Waals surface area (Å²) in [5.41, 5.74) is 1.92. The smallest absolute Gasteiger partial charge is 0.224 e. The zero-order valence-electron chi connectivity index (χ0n) is 19.7. The van der Waals surface area contributed by atoms with Crippen molar-refractivity contribution in [1.29, 1.82) is 0 Å². The molecule has 34 heavy (non-hydrogen) atoms. The number of aromatic nitrogens is 2. The van der Waals surface area contributed by atoms with Crippen LogP contribution >= 0.6 is 0 Å².